The molecule has 0 aliphatic rings. The van der Waals surface area contributed by atoms with Crippen molar-refractivity contribution in [2.45, 2.75) is 32.7 Å². The standard InChI is InChI=1S/C14H21ClFNO/c1-3-17-13(7-8-18-4-2)9-11-5-6-12(15)10-14(11)16/h5-6,10,13,17H,3-4,7-9H2,1-2H3. The highest BCUT2D eigenvalue weighted by Gasteiger charge is 2.11. The average Bonchev–Trinajstić information content (AvgIpc) is 2.33. The van der Waals surface area contributed by atoms with Crippen molar-refractivity contribution in [3.8, 4) is 0 Å². The van der Waals surface area contributed by atoms with E-state index in [1.54, 1.807) is 12.1 Å². The quantitative estimate of drug-likeness (QED) is 0.733. The van der Waals surface area contributed by atoms with Gasteiger partial charge in [0.05, 0.1) is 0 Å². The molecule has 0 fully saturated rings. The molecule has 0 bridgehead atoms. The van der Waals surface area contributed by atoms with Crippen molar-refractivity contribution in [2.75, 3.05) is 19.8 Å². The Bertz CT molecular complexity index is 360. The first kappa shape index (κ1) is 15.4. The van der Waals surface area contributed by atoms with Crippen molar-refractivity contribution in [1.29, 1.82) is 0 Å². The first-order chi connectivity index (χ1) is 8.67. The molecule has 0 radical (unpaired) electrons. The fourth-order valence-electron chi connectivity index (χ4n) is 1.89. The topological polar surface area (TPSA) is 21.3 Å². The molecule has 1 unspecified atom stereocenters. The molecular formula is C14H21ClFNO. The summed E-state index contributed by atoms with van der Waals surface area (Å²) in [5.41, 5.74) is 0.696. The number of nitrogens with one attached hydrogen (secondary N) is 1. The Kier molecular flexibility index (Phi) is 7.25. The molecule has 1 rings (SSSR count). The normalized spacial score (nSPS) is 12.7. The molecule has 0 saturated carbocycles. The molecule has 2 nitrogen and oxygen atoms in total. The number of rotatable bonds is 8. The van der Waals surface area contributed by atoms with E-state index >= 15 is 0 Å². The van der Waals surface area contributed by atoms with Gasteiger partial charge in [-0.2, -0.15) is 0 Å². The summed E-state index contributed by atoms with van der Waals surface area (Å²) in [7, 11) is 0. The summed E-state index contributed by atoms with van der Waals surface area (Å²) in [6.45, 7) is 6.30. The SMILES string of the molecule is CCNC(CCOCC)Cc1ccc(Cl)cc1F. The number of likely N-dealkylation sites (N-methyl/N-ethyl adjacent to an activating group) is 1. The largest absolute Gasteiger partial charge is 0.382 e. The second-order valence-corrected chi connectivity index (χ2v) is 4.62. The lowest BCUT2D eigenvalue weighted by atomic mass is 10.0. The first-order valence-corrected chi connectivity index (χ1v) is 6.80. The van der Waals surface area contributed by atoms with Crippen LogP contribution in [0.2, 0.25) is 5.02 Å². The molecule has 1 aromatic rings. The van der Waals surface area contributed by atoms with Crippen LogP contribution in [-0.4, -0.2) is 25.8 Å². The third kappa shape index (κ3) is 5.34. The fourth-order valence-corrected chi connectivity index (χ4v) is 2.05. The predicted octanol–water partition coefficient (Wildman–Crippen LogP) is 3.43. The van der Waals surface area contributed by atoms with E-state index in [0.29, 0.717) is 30.2 Å². The summed E-state index contributed by atoms with van der Waals surface area (Å²) in [6, 6.07) is 5.08. The molecule has 1 aromatic carbocycles. The van der Waals surface area contributed by atoms with Crippen LogP contribution in [0.4, 0.5) is 4.39 Å². The van der Waals surface area contributed by atoms with Crippen molar-refractivity contribution in [1.82, 2.24) is 5.32 Å². The van der Waals surface area contributed by atoms with Gasteiger partial charge in [-0.05, 0) is 44.0 Å². The fraction of sp³-hybridized carbons (Fsp3) is 0.571. The van der Waals surface area contributed by atoms with Gasteiger partial charge in [0, 0.05) is 24.3 Å². The Morgan fingerprint density at radius 2 is 2.17 bits per heavy atom. The van der Waals surface area contributed by atoms with Crippen molar-refractivity contribution >= 4 is 11.6 Å². The number of halogens is 2. The van der Waals surface area contributed by atoms with Gasteiger partial charge in [0.25, 0.3) is 0 Å². The molecule has 1 atom stereocenters. The molecule has 0 aliphatic carbocycles. The van der Waals surface area contributed by atoms with Crippen molar-refractivity contribution < 1.29 is 9.13 Å². The number of hydrogen-bond acceptors (Lipinski definition) is 2. The maximum atomic E-state index is 13.7. The van der Waals surface area contributed by atoms with E-state index in [0.717, 1.165) is 13.0 Å². The van der Waals surface area contributed by atoms with E-state index in [2.05, 4.69) is 5.32 Å². The van der Waals surface area contributed by atoms with Gasteiger partial charge in [-0.15, -0.1) is 0 Å². The van der Waals surface area contributed by atoms with Gasteiger partial charge in [0.1, 0.15) is 5.82 Å². The van der Waals surface area contributed by atoms with Crippen LogP contribution in [0, 0.1) is 5.82 Å². The Labute approximate surface area is 113 Å². The van der Waals surface area contributed by atoms with E-state index < -0.39 is 0 Å². The monoisotopic (exact) mass is 273 g/mol. The smallest absolute Gasteiger partial charge is 0.127 e. The summed E-state index contributed by atoms with van der Waals surface area (Å²) in [6.07, 6.45) is 1.54. The third-order valence-electron chi connectivity index (χ3n) is 2.79. The lowest BCUT2D eigenvalue weighted by molar-refractivity contribution is 0.136. The lowest BCUT2D eigenvalue weighted by Gasteiger charge is -2.18. The van der Waals surface area contributed by atoms with Crippen LogP contribution in [-0.2, 0) is 11.2 Å². The molecule has 102 valence electrons. The summed E-state index contributed by atoms with van der Waals surface area (Å²) in [5, 5.41) is 3.79. The van der Waals surface area contributed by atoms with Gasteiger partial charge in [-0.25, -0.2) is 4.39 Å². The minimum atomic E-state index is -0.234. The second kappa shape index (κ2) is 8.46. The maximum Gasteiger partial charge on any atom is 0.127 e. The van der Waals surface area contributed by atoms with E-state index in [1.165, 1.54) is 6.07 Å². The number of ether oxygens (including phenoxy) is 1. The molecule has 0 saturated heterocycles. The highest BCUT2D eigenvalue weighted by Crippen LogP contribution is 2.16. The summed E-state index contributed by atoms with van der Waals surface area (Å²) in [5.74, 6) is -0.234. The zero-order chi connectivity index (χ0) is 13.4. The number of hydrogen-bond donors (Lipinski definition) is 1. The molecule has 18 heavy (non-hydrogen) atoms. The predicted molar refractivity (Wildman–Crippen MR) is 73.7 cm³/mol. The molecule has 1 N–H and O–H groups in total. The van der Waals surface area contributed by atoms with Crippen LogP contribution in [0.1, 0.15) is 25.8 Å². The van der Waals surface area contributed by atoms with Crippen LogP contribution in [0.5, 0.6) is 0 Å². The zero-order valence-corrected chi connectivity index (χ0v) is 11.8. The van der Waals surface area contributed by atoms with Gasteiger partial charge in [0.2, 0.25) is 0 Å². The number of benzene rings is 1. The van der Waals surface area contributed by atoms with Crippen molar-refractivity contribution in [2.24, 2.45) is 0 Å². The maximum absolute atomic E-state index is 13.7. The zero-order valence-electron chi connectivity index (χ0n) is 11.0. The van der Waals surface area contributed by atoms with Crippen LogP contribution >= 0.6 is 11.6 Å². The van der Waals surface area contributed by atoms with Gasteiger partial charge < -0.3 is 10.1 Å². The van der Waals surface area contributed by atoms with Crippen molar-refractivity contribution in [3.05, 3.63) is 34.6 Å². The molecule has 0 spiro atoms. The van der Waals surface area contributed by atoms with Crippen LogP contribution in [0.25, 0.3) is 0 Å². The third-order valence-corrected chi connectivity index (χ3v) is 3.02. The molecule has 4 heteroatoms. The minimum absolute atomic E-state index is 0.234. The van der Waals surface area contributed by atoms with Gasteiger partial charge in [0.15, 0.2) is 0 Å². The van der Waals surface area contributed by atoms with Crippen molar-refractivity contribution in [3.63, 3.8) is 0 Å². The van der Waals surface area contributed by atoms with E-state index in [-0.39, 0.29) is 11.9 Å². The molecular weight excluding hydrogens is 253 g/mol. The van der Waals surface area contributed by atoms with Crippen LogP contribution in [0.3, 0.4) is 0 Å². The van der Waals surface area contributed by atoms with Gasteiger partial charge >= 0.3 is 0 Å². The molecule has 0 aromatic heterocycles. The highest BCUT2D eigenvalue weighted by molar-refractivity contribution is 6.30. The van der Waals surface area contributed by atoms with E-state index in [9.17, 15) is 4.39 Å². The summed E-state index contributed by atoms with van der Waals surface area (Å²) < 4.78 is 19.0. The Morgan fingerprint density at radius 1 is 1.39 bits per heavy atom. The Hall–Kier alpha value is -0.640. The molecule has 0 aliphatic heterocycles. The average molecular weight is 274 g/mol. The van der Waals surface area contributed by atoms with E-state index in [4.69, 9.17) is 16.3 Å². The van der Waals surface area contributed by atoms with E-state index in [1.807, 2.05) is 13.8 Å². The summed E-state index contributed by atoms with van der Waals surface area (Å²) in [4.78, 5) is 0. The summed E-state index contributed by atoms with van der Waals surface area (Å²) >= 11 is 5.74. The van der Waals surface area contributed by atoms with Crippen LogP contribution < -0.4 is 5.32 Å². The second-order valence-electron chi connectivity index (χ2n) is 4.18. The molecule has 0 amide bonds. The van der Waals surface area contributed by atoms with Gasteiger partial charge in [-0.1, -0.05) is 24.6 Å². The molecule has 0 heterocycles. The minimum Gasteiger partial charge on any atom is -0.382 e. The Balaban J connectivity index is 2.58. The van der Waals surface area contributed by atoms with Gasteiger partial charge in [-0.3, -0.25) is 0 Å². The van der Waals surface area contributed by atoms with Crippen LogP contribution in [0.15, 0.2) is 18.2 Å². The highest BCUT2D eigenvalue weighted by atomic mass is 35.5. The lowest BCUT2D eigenvalue weighted by Crippen LogP contribution is -2.32. The first-order valence-electron chi connectivity index (χ1n) is 6.42. The Morgan fingerprint density at radius 3 is 2.78 bits per heavy atom.